The fraction of sp³-hybridized carbons (Fsp3) is 0.947. The van der Waals surface area contributed by atoms with Gasteiger partial charge in [-0.3, -0.25) is 9.89 Å². The lowest BCUT2D eigenvalue weighted by Gasteiger charge is -2.34. The number of hydrogen-bond donors (Lipinski definition) is 2. The summed E-state index contributed by atoms with van der Waals surface area (Å²) in [5.41, 5.74) is 0. The molecule has 0 radical (unpaired) electrons. The molecule has 2 atom stereocenters. The Bertz CT molecular complexity index is 388. The lowest BCUT2D eigenvalue weighted by molar-refractivity contribution is 0.143. The van der Waals surface area contributed by atoms with E-state index in [0.29, 0.717) is 18.0 Å². The van der Waals surface area contributed by atoms with Gasteiger partial charge in [0.1, 0.15) is 0 Å². The Morgan fingerprint density at radius 1 is 1.12 bits per heavy atom. The summed E-state index contributed by atoms with van der Waals surface area (Å²) in [5.74, 6) is 1.71. The number of piperidine rings is 1. The molecule has 6 heteroatoms. The summed E-state index contributed by atoms with van der Waals surface area (Å²) in [6.07, 6.45) is 5.28. The third-order valence-corrected chi connectivity index (χ3v) is 5.54. The predicted octanol–water partition coefficient (Wildman–Crippen LogP) is 2.76. The summed E-state index contributed by atoms with van der Waals surface area (Å²) >= 11 is 0. The highest BCUT2D eigenvalue weighted by Crippen LogP contribution is 2.19. The van der Waals surface area contributed by atoms with Gasteiger partial charge < -0.3 is 15.5 Å². The van der Waals surface area contributed by atoms with Crippen molar-refractivity contribution in [1.29, 1.82) is 0 Å². The summed E-state index contributed by atoms with van der Waals surface area (Å²) in [5, 5.41) is 7.00. The Labute approximate surface area is 172 Å². The Kier molecular flexibility index (Phi) is 11.3. The summed E-state index contributed by atoms with van der Waals surface area (Å²) in [6.45, 7) is 16.8. The number of guanidine groups is 1. The number of likely N-dealkylation sites (tertiary alicyclic amines) is 2. The molecule has 2 heterocycles. The van der Waals surface area contributed by atoms with Crippen LogP contribution in [0.5, 0.6) is 0 Å². The summed E-state index contributed by atoms with van der Waals surface area (Å²) in [7, 11) is 0. The molecule has 2 unspecified atom stereocenters. The van der Waals surface area contributed by atoms with Crippen LogP contribution in [-0.2, 0) is 0 Å². The molecule has 148 valence electrons. The zero-order chi connectivity index (χ0) is 17.4. The molecule has 0 aromatic carbocycles. The van der Waals surface area contributed by atoms with Gasteiger partial charge in [-0.05, 0) is 72.0 Å². The second kappa shape index (κ2) is 12.3. The number of nitrogens with one attached hydrogen (secondary N) is 2. The molecule has 2 rings (SSSR count). The first kappa shape index (κ1) is 23.0. The second-order valence-electron chi connectivity index (χ2n) is 7.62. The van der Waals surface area contributed by atoms with Gasteiger partial charge in [0.2, 0.25) is 0 Å². The van der Waals surface area contributed by atoms with Crippen molar-refractivity contribution in [3.05, 3.63) is 0 Å². The van der Waals surface area contributed by atoms with Crippen molar-refractivity contribution < 1.29 is 0 Å². The molecule has 0 bridgehead atoms. The molecule has 0 spiro atoms. The van der Waals surface area contributed by atoms with Crippen molar-refractivity contribution in [3.8, 4) is 0 Å². The first-order valence-corrected chi connectivity index (χ1v) is 10.1. The van der Waals surface area contributed by atoms with Gasteiger partial charge in [0.05, 0.1) is 0 Å². The highest BCUT2D eigenvalue weighted by molar-refractivity contribution is 14.0. The minimum Gasteiger partial charge on any atom is -0.357 e. The number of rotatable bonds is 7. The van der Waals surface area contributed by atoms with Gasteiger partial charge in [0.15, 0.2) is 5.96 Å². The molecule has 0 saturated carbocycles. The monoisotopic (exact) mass is 465 g/mol. The van der Waals surface area contributed by atoms with Gasteiger partial charge in [-0.2, -0.15) is 0 Å². The zero-order valence-electron chi connectivity index (χ0n) is 16.8. The smallest absolute Gasteiger partial charge is 0.191 e. The van der Waals surface area contributed by atoms with Crippen LogP contribution in [-0.4, -0.2) is 73.7 Å². The van der Waals surface area contributed by atoms with Crippen LogP contribution in [0.2, 0.25) is 0 Å². The summed E-state index contributed by atoms with van der Waals surface area (Å²) in [6, 6.07) is 1.33. The van der Waals surface area contributed by atoms with Gasteiger partial charge in [0, 0.05) is 38.3 Å². The van der Waals surface area contributed by atoms with Crippen molar-refractivity contribution in [2.45, 2.75) is 65.5 Å². The van der Waals surface area contributed by atoms with Crippen LogP contribution >= 0.6 is 24.0 Å². The Hall–Kier alpha value is -0.0800. The molecule has 0 aromatic heterocycles. The van der Waals surface area contributed by atoms with Crippen LogP contribution in [0.1, 0.15) is 53.4 Å². The zero-order valence-corrected chi connectivity index (χ0v) is 19.1. The Morgan fingerprint density at radius 2 is 1.88 bits per heavy atom. The molecule has 25 heavy (non-hydrogen) atoms. The lowest BCUT2D eigenvalue weighted by atomic mass is 9.97. The molecule has 0 amide bonds. The average molecular weight is 465 g/mol. The number of aliphatic imine (C=N–C) groups is 1. The minimum atomic E-state index is 0. The van der Waals surface area contributed by atoms with Crippen molar-refractivity contribution in [1.82, 2.24) is 20.4 Å². The van der Waals surface area contributed by atoms with Gasteiger partial charge in [-0.1, -0.05) is 6.92 Å². The van der Waals surface area contributed by atoms with Crippen LogP contribution in [0.15, 0.2) is 4.99 Å². The maximum absolute atomic E-state index is 4.89. The van der Waals surface area contributed by atoms with E-state index in [-0.39, 0.29) is 24.0 Å². The fourth-order valence-corrected chi connectivity index (χ4v) is 4.03. The maximum Gasteiger partial charge on any atom is 0.191 e. The first-order valence-electron chi connectivity index (χ1n) is 10.1. The number of halogens is 1. The molecule has 2 aliphatic rings. The van der Waals surface area contributed by atoms with E-state index in [1.165, 1.54) is 45.3 Å². The largest absolute Gasteiger partial charge is 0.357 e. The van der Waals surface area contributed by atoms with Gasteiger partial charge >= 0.3 is 0 Å². The standard InChI is InChI=1S/C19H39N5.HI/c1-5-20-19(22-14-18-10-8-11-23(18)6-2)21-13-17-9-7-12-24(15-17)16(3)4;/h16-18H,5-15H2,1-4H3,(H2,20,21,22);1H. The van der Waals surface area contributed by atoms with Crippen molar-refractivity contribution >= 4 is 29.9 Å². The number of likely N-dealkylation sites (N-methyl/N-ethyl adjacent to an activating group) is 1. The molecular formula is C19H40IN5. The van der Waals surface area contributed by atoms with Gasteiger partial charge in [-0.15, -0.1) is 24.0 Å². The van der Waals surface area contributed by atoms with Gasteiger partial charge in [-0.25, -0.2) is 0 Å². The first-order chi connectivity index (χ1) is 11.6. The van der Waals surface area contributed by atoms with E-state index >= 15 is 0 Å². The van der Waals surface area contributed by atoms with Crippen LogP contribution in [0.4, 0.5) is 0 Å². The topological polar surface area (TPSA) is 42.9 Å². The SMILES string of the molecule is CCNC(=NCC1CCCN(C(C)C)C1)NCC1CCCN1CC.I. The van der Waals surface area contributed by atoms with E-state index in [2.05, 4.69) is 48.1 Å². The molecule has 0 aliphatic carbocycles. The molecule has 2 fully saturated rings. The third-order valence-electron chi connectivity index (χ3n) is 5.54. The van der Waals surface area contributed by atoms with E-state index in [9.17, 15) is 0 Å². The van der Waals surface area contributed by atoms with Crippen molar-refractivity contribution in [2.75, 3.05) is 45.8 Å². The maximum atomic E-state index is 4.89. The van der Waals surface area contributed by atoms with E-state index in [4.69, 9.17) is 4.99 Å². The van der Waals surface area contributed by atoms with E-state index in [1.807, 2.05) is 0 Å². The van der Waals surface area contributed by atoms with Crippen LogP contribution in [0.25, 0.3) is 0 Å². The normalized spacial score (nSPS) is 25.9. The molecule has 0 aromatic rings. The number of hydrogen-bond acceptors (Lipinski definition) is 3. The summed E-state index contributed by atoms with van der Waals surface area (Å²) in [4.78, 5) is 10.1. The molecule has 5 nitrogen and oxygen atoms in total. The highest BCUT2D eigenvalue weighted by atomic mass is 127. The molecular weight excluding hydrogens is 425 g/mol. The third kappa shape index (κ3) is 7.59. The van der Waals surface area contributed by atoms with Crippen LogP contribution in [0.3, 0.4) is 0 Å². The quantitative estimate of drug-likeness (QED) is 0.345. The molecule has 2 N–H and O–H groups in total. The average Bonchev–Trinajstić information content (AvgIpc) is 3.05. The Balaban J connectivity index is 0.00000312. The predicted molar refractivity (Wildman–Crippen MR) is 119 cm³/mol. The number of nitrogens with zero attached hydrogens (tertiary/aromatic N) is 3. The molecule has 2 aliphatic heterocycles. The van der Waals surface area contributed by atoms with E-state index < -0.39 is 0 Å². The summed E-state index contributed by atoms with van der Waals surface area (Å²) < 4.78 is 0. The highest BCUT2D eigenvalue weighted by Gasteiger charge is 2.23. The van der Waals surface area contributed by atoms with Gasteiger partial charge in [0.25, 0.3) is 0 Å². The van der Waals surface area contributed by atoms with E-state index in [1.54, 1.807) is 0 Å². The van der Waals surface area contributed by atoms with Crippen LogP contribution < -0.4 is 10.6 Å². The van der Waals surface area contributed by atoms with Crippen LogP contribution in [0, 0.1) is 5.92 Å². The van der Waals surface area contributed by atoms with E-state index in [0.717, 1.165) is 32.1 Å². The fourth-order valence-electron chi connectivity index (χ4n) is 4.03. The lowest BCUT2D eigenvalue weighted by Crippen LogP contribution is -2.45. The van der Waals surface area contributed by atoms with Crippen molar-refractivity contribution in [3.63, 3.8) is 0 Å². The molecule has 2 saturated heterocycles. The minimum absolute atomic E-state index is 0. The Morgan fingerprint density at radius 3 is 2.56 bits per heavy atom. The second-order valence-corrected chi connectivity index (χ2v) is 7.62. The van der Waals surface area contributed by atoms with Crippen molar-refractivity contribution in [2.24, 2.45) is 10.9 Å².